The summed E-state index contributed by atoms with van der Waals surface area (Å²) >= 11 is 0. The lowest BCUT2D eigenvalue weighted by Crippen LogP contribution is -2.50. The van der Waals surface area contributed by atoms with Crippen molar-refractivity contribution in [3.63, 3.8) is 0 Å². The fourth-order valence-corrected chi connectivity index (χ4v) is 4.98. The van der Waals surface area contributed by atoms with Gasteiger partial charge in [0, 0.05) is 11.6 Å². The summed E-state index contributed by atoms with van der Waals surface area (Å²) in [4.78, 5) is 0. The molecule has 2 aliphatic heterocycles. The summed E-state index contributed by atoms with van der Waals surface area (Å²) in [6.45, 7) is 2.42. The average Bonchev–Trinajstić information content (AvgIpc) is 2.68. The SMILES string of the molecule is COc1ccc2c(c1)[C@@]1(C)N[C@@H]2C[C@H]2CCCC[C@H]21. The summed E-state index contributed by atoms with van der Waals surface area (Å²) in [5.41, 5.74) is 3.21. The Morgan fingerprint density at radius 2 is 2.11 bits per heavy atom. The van der Waals surface area contributed by atoms with Crippen molar-refractivity contribution >= 4 is 0 Å². The van der Waals surface area contributed by atoms with E-state index in [0.29, 0.717) is 6.04 Å². The van der Waals surface area contributed by atoms with Crippen molar-refractivity contribution in [3.05, 3.63) is 29.3 Å². The Kier molecular flexibility index (Phi) is 2.47. The molecule has 1 saturated carbocycles. The van der Waals surface area contributed by atoms with Crippen LogP contribution in [-0.2, 0) is 5.54 Å². The maximum absolute atomic E-state index is 5.44. The van der Waals surface area contributed by atoms with E-state index in [2.05, 4.69) is 30.4 Å². The van der Waals surface area contributed by atoms with Gasteiger partial charge in [-0.2, -0.15) is 0 Å². The first-order chi connectivity index (χ1) is 9.22. The second kappa shape index (κ2) is 3.99. The van der Waals surface area contributed by atoms with E-state index in [-0.39, 0.29) is 5.54 Å². The molecule has 2 bridgehead atoms. The quantitative estimate of drug-likeness (QED) is 0.827. The zero-order chi connectivity index (χ0) is 13.0. The molecule has 3 aliphatic rings. The third-order valence-corrected chi connectivity index (χ3v) is 5.86. The Hall–Kier alpha value is -1.02. The van der Waals surface area contributed by atoms with Crippen molar-refractivity contribution in [2.24, 2.45) is 11.8 Å². The first-order valence-corrected chi connectivity index (χ1v) is 7.68. The molecule has 2 heterocycles. The van der Waals surface area contributed by atoms with E-state index in [0.717, 1.165) is 17.6 Å². The predicted molar refractivity (Wildman–Crippen MR) is 76.3 cm³/mol. The zero-order valence-corrected chi connectivity index (χ0v) is 11.9. The fraction of sp³-hybridized carbons (Fsp3) is 0.647. The standard InChI is InChI=1S/C17H23NO/c1-17-14-6-4-3-5-11(14)9-16(18-17)13-8-7-12(19-2)10-15(13)17/h7-8,10-11,14,16,18H,3-6,9H2,1-2H3/t11-,14-,16-,17+/m1/s1. The van der Waals surface area contributed by atoms with Crippen LogP contribution in [0, 0.1) is 11.8 Å². The normalized spacial score (nSPS) is 39.6. The van der Waals surface area contributed by atoms with Gasteiger partial charge < -0.3 is 10.1 Å². The van der Waals surface area contributed by atoms with E-state index in [1.807, 2.05) is 0 Å². The number of methoxy groups -OCH3 is 1. The summed E-state index contributed by atoms with van der Waals surface area (Å²) in [7, 11) is 1.77. The third-order valence-electron chi connectivity index (χ3n) is 5.86. The van der Waals surface area contributed by atoms with Crippen LogP contribution in [0.3, 0.4) is 0 Å². The average molecular weight is 257 g/mol. The zero-order valence-electron chi connectivity index (χ0n) is 11.9. The Balaban J connectivity index is 1.83. The van der Waals surface area contributed by atoms with Crippen molar-refractivity contribution < 1.29 is 4.74 Å². The van der Waals surface area contributed by atoms with Crippen molar-refractivity contribution in [1.29, 1.82) is 0 Å². The number of ether oxygens (including phenoxy) is 1. The number of nitrogens with one attached hydrogen (secondary N) is 1. The highest BCUT2D eigenvalue weighted by Gasteiger charge is 2.52. The molecular weight excluding hydrogens is 234 g/mol. The van der Waals surface area contributed by atoms with Crippen molar-refractivity contribution in [1.82, 2.24) is 5.32 Å². The van der Waals surface area contributed by atoms with Gasteiger partial charge in [0.2, 0.25) is 0 Å². The summed E-state index contributed by atoms with van der Waals surface area (Å²) < 4.78 is 5.44. The first kappa shape index (κ1) is 11.8. The van der Waals surface area contributed by atoms with Crippen LogP contribution in [0.4, 0.5) is 0 Å². The molecule has 0 spiro atoms. The first-order valence-electron chi connectivity index (χ1n) is 7.68. The molecule has 0 unspecified atom stereocenters. The molecule has 1 saturated heterocycles. The molecule has 0 radical (unpaired) electrons. The number of rotatable bonds is 1. The maximum atomic E-state index is 5.44. The molecule has 19 heavy (non-hydrogen) atoms. The minimum Gasteiger partial charge on any atom is -0.497 e. The van der Waals surface area contributed by atoms with Gasteiger partial charge in [0.05, 0.1) is 7.11 Å². The summed E-state index contributed by atoms with van der Waals surface area (Å²) in [6, 6.07) is 7.26. The number of hydrogen-bond donors (Lipinski definition) is 1. The van der Waals surface area contributed by atoms with Gasteiger partial charge in [-0.15, -0.1) is 0 Å². The van der Waals surface area contributed by atoms with E-state index < -0.39 is 0 Å². The largest absolute Gasteiger partial charge is 0.497 e. The summed E-state index contributed by atoms with van der Waals surface area (Å²) in [5, 5.41) is 3.93. The molecule has 1 N–H and O–H groups in total. The van der Waals surface area contributed by atoms with E-state index >= 15 is 0 Å². The molecule has 2 heteroatoms. The van der Waals surface area contributed by atoms with E-state index in [1.54, 1.807) is 7.11 Å². The smallest absolute Gasteiger partial charge is 0.119 e. The Morgan fingerprint density at radius 3 is 2.95 bits per heavy atom. The third kappa shape index (κ3) is 1.53. The van der Waals surface area contributed by atoms with Crippen molar-refractivity contribution in [2.45, 2.75) is 50.6 Å². The number of benzene rings is 1. The van der Waals surface area contributed by atoms with Crippen molar-refractivity contribution in [2.75, 3.05) is 7.11 Å². The molecular formula is C17H23NO. The maximum Gasteiger partial charge on any atom is 0.119 e. The van der Waals surface area contributed by atoms with Crippen LogP contribution in [0.25, 0.3) is 0 Å². The molecule has 4 rings (SSSR count). The van der Waals surface area contributed by atoms with E-state index in [1.165, 1.54) is 43.2 Å². The van der Waals surface area contributed by atoms with Gasteiger partial charge >= 0.3 is 0 Å². The minimum atomic E-state index is 0.178. The van der Waals surface area contributed by atoms with Crippen LogP contribution in [0.1, 0.15) is 56.2 Å². The molecule has 1 aliphatic carbocycles. The molecule has 2 fully saturated rings. The predicted octanol–water partition coefficient (Wildman–Crippen LogP) is 3.76. The van der Waals surface area contributed by atoms with Crippen LogP contribution < -0.4 is 10.1 Å². The van der Waals surface area contributed by atoms with Crippen LogP contribution in [0.15, 0.2) is 18.2 Å². The number of fused-ring (bicyclic) bond motifs is 7. The second-order valence-electron chi connectivity index (χ2n) is 6.74. The van der Waals surface area contributed by atoms with Gasteiger partial charge in [-0.1, -0.05) is 25.3 Å². The highest BCUT2D eigenvalue weighted by atomic mass is 16.5. The highest BCUT2D eigenvalue weighted by molar-refractivity contribution is 5.47. The van der Waals surface area contributed by atoms with Gasteiger partial charge in [-0.3, -0.25) is 0 Å². The van der Waals surface area contributed by atoms with Crippen molar-refractivity contribution in [3.8, 4) is 5.75 Å². The lowest BCUT2D eigenvalue weighted by molar-refractivity contribution is 0.0591. The van der Waals surface area contributed by atoms with Crippen LogP contribution in [0.2, 0.25) is 0 Å². The molecule has 2 nitrogen and oxygen atoms in total. The molecule has 4 atom stereocenters. The second-order valence-corrected chi connectivity index (χ2v) is 6.74. The lowest BCUT2D eigenvalue weighted by atomic mass is 9.65. The van der Waals surface area contributed by atoms with Crippen LogP contribution in [-0.4, -0.2) is 7.11 Å². The van der Waals surface area contributed by atoms with Crippen LogP contribution >= 0.6 is 0 Å². The Labute approximate surface area is 115 Å². The Bertz CT molecular complexity index is 512. The van der Waals surface area contributed by atoms with Gasteiger partial charge in [0.1, 0.15) is 5.75 Å². The van der Waals surface area contributed by atoms with Gasteiger partial charge in [-0.25, -0.2) is 0 Å². The van der Waals surface area contributed by atoms with E-state index in [4.69, 9.17) is 4.74 Å². The van der Waals surface area contributed by atoms with Gasteiger partial charge in [0.15, 0.2) is 0 Å². The number of hydrogen-bond acceptors (Lipinski definition) is 2. The molecule has 0 aromatic heterocycles. The monoisotopic (exact) mass is 257 g/mol. The fourth-order valence-electron chi connectivity index (χ4n) is 4.98. The minimum absolute atomic E-state index is 0.178. The van der Waals surface area contributed by atoms with Gasteiger partial charge in [-0.05, 0) is 54.9 Å². The molecule has 1 aromatic carbocycles. The topological polar surface area (TPSA) is 21.3 Å². The van der Waals surface area contributed by atoms with Gasteiger partial charge in [0.25, 0.3) is 0 Å². The lowest BCUT2D eigenvalue weighted by Gasteiger charge is -2.47. The van der Waals surface area contributed by atoms with E-state index in [9.17, 15) is 0 Å². The van der Waals surface area contributed by atoms with Crippen LogP contribution in [0.5, 0.6) is 5.75 Å². The summed E-state index contributed by atoms with van der Waals surface area (Å²) in [5.74, 6) is 2.73. The molecule has 1 aromatic rings. The summed E-state index contributed by atoms with van der Waals surface area (Å²) in [6.07, 6.45) is 6.99. The molecule has 0 amide bonds. The highest BCUT2D eigenvalue weighted by Crippen LogP contribution is 2.56. The number of piperidine rings is 1. The Morgan fingerprint density at radius 1 is 1.26 bits per heavy atom. The molecule has 102 valence electrons.